The van der Waals surface area contributed by atoms with E-state index >= 15 is 0 Å². The molecule has 0 heterocycles. The van der Waals surface area contributed by atoms with Crippen LogP contribution >= 0.6 is 21.6 Å². The van der Waals surface area contributed by atoms with Crippen LogP contribution in [0.25, 0.3) is 0 Å². The summed E-state index contributed by atoms with van der Waals surface area (Å²) < 4.78 is 24.7. The monoisotopic (exact) mass is 1010 g/mol. The second-order valence-corrected chi connectivity index (χ2v) is 23.0. The first-order chi connectivity index (χ1) is 33.7. The summed E-state index contributed by atoms with van der Waals surface area (Å²) in [5.74, 6) is 2.12. The largest absolute Gasteiger partial charge is 0.462 e. The Kier molecular flexibility index (Phi) is 52.5. The van der Waals surface area contributed by atoms with E-state index in [9.17, 15) is 14.4 Å². The molecule has 0 aromatic rings. The van der Waals surface area contributed by atoms with Gasteiger partial charge in [0.1, 0.15) is 12.2 Å². The first kappa shape index (κ1) is 68.0. The summed E-state index contributed by atoms with van der Waals surface area (Å²) in [4.78, 5) is 43.7. The summed E-state index contributed by atoms with van der Waals surface area (Å²) in [7, 11) is 7.90. The third-order valence-electron chi connectivity index (χ3n) is 13.2. The molecule has 0 saturated heterocycles. The van der Waals surface area contributed by atoms with Crippen molar-refractivity contribution in [3.8, 4) is 0 Å². The average molecular weight is 1020 g/mol. The molecule has 0 aliphatic rings. The zero-order chi connectivity index (χ0) is 50.7. The van der Waals surface area contributed by atoms with Crippen LogP contribution < -0.4 is 0 Å². The highest BCUT2D eigenvalue weighted by atomic mass is 33.1. The second-order valence-electron chi connectivity index (χ2n) is 20.3. The van der Waals surface area contributed by atoms with Crippen molar-refractivity contribution < 1.29 is 33.3 Å². The zero-order valence-corrected chi connectivity index (χ0v) is 48.3. The fourth-order valence-corrected chi connectivity index (χ4v) is 10.9. The molecule has 0 aromatic heterocycles. The summed E-state index contributed by atoms with van der Waals surface area (Å²) in [6, 6.07) is -0.122. The second kappa shape index (κ2) is 53.3. The number of carbonyl (C=O) groups excluding carboxylic acids is 3. The maximum Gasteiger partial charge on any atom is 0.306 e. The van der Waals surface area contributed by atoms with Gasteiger partial charge >= 0.3 is 11.9 Å². The lowest BCUT2D eigenvalue weighted by Gasteiger charge is -2.32. The Morgan fingerprint density at radius 3 is 1.20 bits per heavy atom. The number of nitrogens with zero attached hydrogens (tertiary/aromatic N) is 2. The van der Waals surface area contributed by atoms with Gasteiger partial charge in [0.25, 0.3) is 0 Å². The maximum absolute atomic E-state index is 13.9. The molecule has 0 aliphatic heterocycles. The van der Waals surface area contributed by atoms with Gasteiger partial charge < -0.3 is 28.7 Å². The number of amides is 1. The fourth-order valence-electron chi connectivity index (χ4n) is 8.75. The van der Waals surface area contributed by atoms with Gasteiger partial charge in [-0.2, -0.15) is 0 Å². The smallest absolute Gasteiger partial charge is 0.306 e. The van der Waals surface area contributed by atoms with Crippen LogP contribution in [0.4, 0.5) is 0 Å². The number of hydrogen-bond donors (Lipinski definition) is 0. The molecule has 0 bridgehead atoms. The van der Waals surface area contributed by atoms with Crippen molar-refractivity contribution in [3.63, 3.8) is 0 Å². The third-order valence-corrected chi connectivity index (χ3v) is 15.6. The van der Waals surface area contributed by atoms with E-state index in [0.29, 0.717) is 52.2 Å². The van der Waals surface area contributed by atoms with Crippen LogP contribution in [0.15, 0.2) is 0 Å². The van der Waals surface area contributed by atoms with Crippen molar-refractivity contribution in [3.05, 3.63) is 0 Å². The summed E-state index contributed by atoms with van der Waals surface area (Å²) in [6.45, 7) is 15.1. The zero-order valence-electron chi connectivity index (χ0n) is 46.6. The molecule has 0 radical (unpaired) electrons. The van der Waals surface area contributed by atoms with E-state index in [0.717, 1.165) is 140 Å². The first-order valence-corrected chi connectivity index (χ1v) is 31.9. The van der Waals surface area contributed by atoms with E-state index in [1.54, 1.807) is 0 Å². The molecule has 0 spiro atoms. The van der Waals surface area contributed by atoms with Gasteiger partial charge in [-0.15, -0.1) is 0 Å². The van der Waals surface area contributed by atoms with Gasteiger partial charge in [-0.05, 0) is 111 Å². The van der Waals surface area contributed by atoms with Crippen LogP contribution in [0, 0.1) is 0 Å². The fraction of sp³-hybridized carbons (Fsp3) is 0.948. The number of esters is 2. The molecule has 0 N–H and O–H groups in total. The summed E-state index contributed by atoms with van der Waals surface area (Å²) >= 11 is 0. The topological polar surface area (TPSA) is 94.6 Å². The van der Waals surface area contributed by atoms with Crippen LogP contribution in [0.1, 0.15) is 272 Å². The van der Waals surface area contributed by atoms with E-state index < -0.39 is 0 Å². The van der Waals surface area contributed by atoms with Crippen LogP contribution in [-0.2, 0) is 33.3 Å². The molecule has 0 fully saturated rings. The van der Waals surface area contributed by atoms with Crippen molar-refractivity contribution in [1.82, 2.24) is 9.80 Å². The molecular formula is C58H114N2O7S2. The van der Waals surface area contributed by atoms with E-state index in [4.69, 9.17) is 18.9 Å². The normalized spacial score (nSPS) is 11.8. The molecular weight excluding hydrogens is 901 g/mol. The molecule has 0 rings (SSSR count). The summed E-state index contributed by atoms with van der Waals surface area (Å²) in [5, 5.41) is 0. The van der Waals surface area contributed by atoms with E-state index in [1.807, 2.05) is 21.6 Å². The van der Waals surface area contributed by atoms with Gasteiger partial charge in [0.05, 0.1) is 19.3 Å². The van der Waals surface area contributed by atoms with Gasteiger partial charge in [-0.1, -0.05) is 185 Å². The predicted octanol–water partition coefficient (Wildman–Crippen LogP) is 16.5. The Hall–Kier alpha value is -1.01. The standard InChI is InChI=1S/C58H114N2O7S2/c1-8-13-18-28-38-54(39-29-19-14-9-2)66-57(62)42-32-24-22-26-34-47-64-51-53(60(46-37-45-59(6)7)56(61)44-50-69-68-49-36-17-12-5)52-65-48-35-27-23-25-33-43-58(63)67-55(40-30-20-15-10-3)41-31-21-16-11-4/h53-55H,8-52H2,1-7H3. The molecule has 0 unspecified atom stereocenters. The number of carbonyl (C=O) groups is 3. The Labute approximate surface area is 436 Å². The molecule has 0 atom stereocenters. The van der Waals surface area contributed by atoms with Crippen LogP contribution in [0.2, 0.25) is 0 Å². The van der Waals surface area contributed by atoms with Gasteiger partial charge in [0.15, 0.2) is 0 Å². The minimum absolute atomic E-state index is 0.0181. The Morgan fingerprint density at radius 2 is 0.783 bits per heavy atom. The van der Waals surface area contributed by atoms with E-state index in [1.165, 1.54) is 96.3 Å². The molecule has 69 heavy (non-hydrogen) atoms. The highest BCUT2D eigenvalue weighted by molar-refractivity contribution is 8.76. The first-order valence-electron chi connectivity index (χ1n) is 29.4. The van der Waals surface area contributed by atoms with Gasteiger partial charge in [-0.3, -0.25) is 14.4 Å². The van der Waals surface area contributed by atoms with Gasteiger partial charge in [0, 0.05) is 50.5 Å². The lowest BCUT2D eigenvalue weighted by Crippen LogP contribution is -2.47. The summed E-state index contributed by atoms with van der Waals surface area (Å²) in [6.07, 6.45) is 39.8. The van der Waals surface area contributed by atoms with Crippen molar-refractivity contribution in [2.24, 2.45) is 0 Å². The Bertz CT molecular complexity index is 1030. The van der Waals surface area contributed by atoms with Crippen LogP contribution in [-0.4, -0.2) is 111 Å². The predicted molar refractivity (Wildman–Crippen MR) is 300 cm³/mol. The number of rotatable bonds is 55. The van der Waals surface area contributed by atoms with Gasteiger partial charge in [-0.25, -0.2) is 0 Å². The van der Waals surface area contributed by atoms with Gasteiger partial charge in [0.2, 0.25) is 5.91 Å². The quantitative estimate of drug-likeness (QED) is 0.0333. The Balaban J connectivity index is 5.03. The third kappa shape index (κ3) is 46.5. The number of ether oxygens (including phenoxy) is 4. The minimum atomic E-state index is -0.122. The molecule has 0 aliphatic carbocycles. The lowest BCUT2D eigenvalue weighted by molar-refractivity contribution is -0.151. The molecule has 0 aromatic carbocycles. The summed E-state index contributed by atoms with van der Waals surface area (Å²) in [5.41, 5.74) is 0. The molecule has 11 heteroatoms. The van der Waals surface area contributed by atoms with Crippen LogP contribution in [0.3, 0.4) is 0 Å². The molecule has 410 valence electrons. The highest BCUT2D eigenvalue weighted by Gasteiger charge is 2.24. The van der Waals surface area contributed by atoms with Crippen molar-refractivity contribution in [2.75, 3.05) is 65.1 Å². The average Bonchev–Trinajstić information content (AvgIpc) is 3.33. The SMILES string of the molecule is CCCCCCC(CCCCCC)OC(=O)CCCCCCCOCC(COCCCCCCCC(=O)OC(CCCCCC)CCCCCC)N(CCCN(C)C)C(=O)CCSSCCCCC. The van der Waals surface area contributed by atoms with E-state index in [-0.39, 0.29) is 36.1 Å². The van der Waals surface area contributed by atoms with Crippen molar-refractivity contribution in [2.45, 2.75) is 290 Å². The minimum Gasteiger partial charge on any atom is -0.462 e. The number of unbranched alkanes of at least 4 members (excludes halogenated alkanes) is 22. The van der Waals surface area contributed by atoms with Crippen molar-refractivity contribution >= 4 is 39.4 Å². The Morgan fingerprint density at radius 1 is 0.406 bits per heavy atom. The van der Waals surface area contributed by atoms with Crippen LogP contribution in [0.5, 0.6) is 0 Å². The van der Waals surface area contributed by atoms with Crippen molar-refractivity contribution in [1.29, 1.82) is 0 Å². The lowest BCUT2D eigenvalue weighted by atomic mass is 10.0. The number of hydrogen-bond acceptors (Lipinski definition) is 10. The van der Waals surface area contributed by atoms with E-state index in [2.05, 4.69) is 58.5 Å². The maximum atomic E-state index is 13.9. The molecule has 0 saturated carbocycles. The molecule has 9 nitrogen and oxygen atoms in total. The highest BCUT2D eigenvalue weighted by Crippen LogP contribution is 2.25. The molecule has 1 amide bonds.